The first kappa shape index (κ1) is 22.3. The van der Waals surface area contributed by atoms with E-state index in [2.05, 4.69) is 0 Å². The molecule has 4 N–H and O–H groups in total. The van der Waals surface area contributed by atoms with E-state index in [0.29, 0.717) is 16.7 Å². The molecule has 0 aromatic heterocycles. The minimum Gasteiger partial charge on any atom is -0.506 e. The van der Waals surface area contributed by atoms with Gasteiger partial charge in [-0.25, -0.2) is 0 Å². The number of aromatic hydroxyl groups is 1. The molecule has 0 saturated carbocycles. The lowest BCUT2D eigenvalue weighted by molar-refractivity contribution is -0.281. The Kier molecular flexibility index (Phi) is 6.49. The minimum absolute atomic E-state index is 0.0770. The van der Waals surface area contributed by atoms with Gasteiger partial charge in [0.15, 0.2) is 5.78 Å². The summed E-state index contributed by atoms with van der Waals surface area (Å²) in [6.45, 7) is 2.58. The monoisotopic (exact) mass is 422 g/mol. The zero-order valence-electron chi connectivity index (χ0n) is 17.2. The fourth-order valence-corrected chi connectivity index (χ4v) is 3.82. The van der Waals surface area contributed by atoms with E-state index in [1.54, 1.807) is 19.1 Å². The van der Waals surface area contributed by atoms with Crippen molar-refractivity contribution in [2.24, 2.45) is 0 Å². The number of rotatable bonds is 6. The van der Waals surface area contributed by atoms with Crippen LogP contribution in [0.4, 0.5) is 0 Å². The summed E-state index contributed by atoms with van der Waals surface area (Å²) in [5.74, 6) is -0.102. The summed E-state index contributed by atoms with van der Waals surface area (Å²) in [6.07, 6.45) is -6.16. The third-order valence-electron chi connectivity index (χ3n) is 5.27. The highest BCUT2D eigenvalue weighted by molar-refractivity contribution is 6.07. The summed E-state index contributed by atoms with van der Waals surface area (Å²) < 4.78 is 21.8. The molecule has 5 atom stereocenters. The smallest absolute Gasteiger partial charge is 0.229 e. The molecular formula is C21H26O9. The van der Waals surface area contributed by atoms with Gasteiger partial charge in [0.05, 0.1) is 24.7 Å². The molecule has 0 bridgehead atoms. The Bertz CT molecular complexity index is 940. The number of ketones is 1. The number of phenols is 1. The number of hydrogen-bond acceptors (Lipinski definition) is 9. The summed E-state index contributed by atoms with van der Waals surface area (Å²) in [4.78, 5) is 12.0. The number of Topliss-reactive ketones (excluding diaryl/α,β-unsaturated/α-hetero) is 1. The van der Waals surface area contributed by atoms with E-state index >= 15 is 0 Å². The molecule has 0 aliphatic carbocycles. The van der Waals surface area contributed by atoms with Gasteiger partial charge in [-0.1, -0.05) is 6.07 Å². The van der Waals surface area contributed by atoms with Gasteiger partial charge in [0.1, 0.15) is 41.7 Å². The predicted octanol–water partition coefficient (Wildman–Crippen LogP) is 0.898. The number of aliphatic hydroxyl groups is 3. The van der Waals surface area contributed by atoms with Crippen LogP contribution in [0, 0.1) is 6.92 Å². The molecule has 1 fully saturated rings. The average molecular weight is 422 g/mol. The number of aryl methyl sites for hydroxylation is 1. The van der Waals surface area contributed by atoms with E-state index in [1.807, 2.05) is 0 Å². The Morgan fingerprint density at radius 1 is 1.17 bits per heavy atom. The van der Waals surface area contributed by atoms with Crippen LogP contribution in [0.3, 0.4) is 0 Å². The molecule has 1 heterocycles. The maximum Gasteiger partial charge on any atom is 0.229 e. The summed E-state index contributed by atoms with van der Waals surface area (Å²) in [5, 5.41) is 41.9. The quantitative estimate of drug-likeness (QED) is 0.501. The van der Waals surface area contributed by atoms with Gasteiger partial charge in [-0.3, -0.25) is 4.79 Å². The fourth-order valence-electron chi connectivity index (χ4n) is 3.82. The second kappa shape index (κ2) is 8.75. The van der Waals surface area contributed by atoms with Gasteiger partial charge in [0.25, 0.3) is 0 Å². The van der Waals surface area contributed by atoms with E-state index in [9.17, 15) is 25.2 Å². The van der Waals surface area contributed by atoms with Crippen LogP contribution in [0.25, 0.3) is 10.8 Å². The van der Waals surface area contributed by atoms with Gasteiger partial charge < -0.3 is 39.4 Å². The second-order valence-electron chi connectivity index (χ2n) is 7.22. The molecule has 0 radical (unpaired) electrons. The molecule has 164 valence electrons. The Hall–Kier alpha value is -2.43. The van der Waals surface area contributed by atoms with Gasteiger partial charge in [0, 0.05) is 13.2 Å². The lowest BCUT2D eigenvalue weighted by atomic mass is 9.96. The summed E-state index contributed by atoms with van der Waals surface area (Å²) in [7, 11) is 2.79. The van der Waals surface area contributed by atoms with Crippen molar-refractivity contribution in [3.63, 3.8) is 0 Å². The number of aliphatic hydroxyl groups excluding tert-OH is 3. The molecule has 0 spiro atoms. The van der Waals surface area contributed by atoms with Crippen molar-refractivity contribution in [3.8, 4) is 17.2 Å². The van der Waals surface area contributed by atoms with Crippen molar-refractivity contribution in [3.05, 3.63) is 29.3 Å². The lowest BCUT2D eigenvalue weighted by Gasteiger charge is -2.41. The molecule has 1 aliphatic rings. The molecular weight excluding hydrogens is 396 g/mol. The molecule has 9 heteroatoms. The van der Waals surface area contributed by atoms with Crippen LogP contribution in [0.2, 0.25) is 0 Å². The molecule has 3 rings (SSSR count). The van der Waals surface area contributed by atoms with E-state index in [1.165, 1.54) is 27.2 Å². The highest BCUT2D eigenvalue weighted by Crippen LogP contribution is 2.42. The van der Waals surface area contributed by atoms with Crippen molar-refractivity contribution < 1.29 is 44.2 Å². The summed E-state index contributed by atoms with van der Waals surface area (Å²) in [6, 6.07) is 4.86. The molecule has 1 aliphatic heterocycles. The molecule has 0 unspecified atom stereocenters. The third-order valence-corrected chi connectivity index (χ3v) is 5.27. The number of hydrogen-bond donors (Lipinski definition) is 4. The third kappa shape index (κ3) is 3.82. The molecule has 30 heavy (non-hydrogen) atoms. The van der Waals surface area contributed by atoms with Crippen LogP contribution >= 0.6 is 0 Å². The maximum absolute atomic E-state index is 12.0. The number of carbonyl (C=O) groups is 1. The van der Waals surface area contributed by atoms with Crippen LogP contribution < -0.4 is 9.47 Å². The largest absolute Gasteiger partial charge is 0.506 e. The molecule has 2 aromatic carbocycles. The Balaban J connectivity index is 2.11. The van der Waals surface area contributed by atoms with E-state index in [0.717, 1.165) is 0 Å². The lowest BCUT2D eigenvalue weighted by Crippen LogP contribution is -2.60. The standard InChI is InChI=1S/C21H26O9/c1-9-5-11-6-12(27-3)7-13(16(11)17(24)15(9)10(2)23)29-21-19(26)18(25)20(28-4)14(8-22)30-21/h5-7,14,18-22,24-26H,8H2,1-4H3/t14-,18-,19-,20-,21-/m1/s1. The topological polar surface area (TPSA) is 135 Å². The van der Waals surface area contributed by atoms with E-state index in [-0.39, 0.29) is 28.2 Å². The first-order chi connectivity index (χ1) is 14.2. The summed E-state index contributed by atoms with van der Waals surface area (Å²) >= 11 is 0. The van der Waals surface area contributed by atoms with Crippen LogP contribution in [0.1, 0.15) is 22.8 Å². The molecule has 0 amide bonds. The number of benzene rings is 2. The minimum atomic E-state index is -1.50. The van der Waals surface area contributed by atoms with Crippen molar-refractivity contribution >= 4 is 16.6 Å². The molecule has 9 nitrogen and oxygen atoms in total. The fraction of sp³-hybridized carbons (Fsp3) is 0.476. The van der Waals surface area contributed by atoms with E-state index < -0.39 is 37.3 Å². The van der Waals surface area contributed by atoms with Crippen LogP contribution in [0.15, 0.2) is 18.2 Å². The van der Waals surface area contributed by atoms with Gasteiger partial charge in [-0.2, -0.15) is 0 Å². The predicted molar refractivity (Wildman–Crippen MR) is 106 cm³/mol. The van der Waals surface area contributed by atoms with Crippen LogP contribution in [-0.4, -0.2) is 77.7 Å². The molecule has 2 aromatic rings. The number of carbonyl (C=O) groups excluding carboxylic acids is 1. The van der Waals surface area contributed by atoms with Gasteiger partial charge in [-0.05, 0) is 30.9 Å². The Morgan fingerprint density at radius 2 is 1.87 bits per heavy atom. The zero-order valence-corrected chi connectivity index (χ0v) is 17.2. The van der Waals surface area contributed by atoms with Gasteiger partial charge in [0.2, 0.25) is 6.29 Å². The SMILES string of the molecule is COc1cc(O[C@@H]2O[C@H](CO)[C@@H](OC)[C@H](O)[C@H]2O)c2c(O)c(C(C)=O)c(C)cc2c1. The highest BCUT2D eigenvalue weighted by Gasteiger charge is 2.46. The van der Waals surface area contributed by atoms with Crippen LogP contribution in [-0.2, 0) is 9.47 Å². The number of methoxy groups -OCH3 is 2. The van der Waals surface area contributed by atoms with Crippen molar-refractivity contribution in [2.75, 3.05) is 20.8 Å². The van der Waals surface area contributed by atoms with Crippen molar-refractivity contribution in [2.45, 2.75) is 44.6 Å². The summed E-state index contributed by atoms with van der Waals surface area (Å²) in [5.41, 5.74) is 0.731. The highest BCUT2D eigenvalue weighted by atomic mass is 16.7. The maximum atomic E-state index is 12.0. The van der Waals surface area contributed by atoms with Gasteiger partial charge in [-0.15, -0.1) is 0 Å². The first-order valence-electron chi connectivity index (χ1n) is 9.40. The van der Waals surface area contributed by atoms with Crippen molar-refractivity contribution in [1.82, 2.24) is 0 Å². The number of ether oxygens (including phenoxy) is 4. The number of phenolic OH excluding ortho intramolecular Hbond substituents is 1. The molecule has 1 saturated heterocycles. The zero-order chi connectivity index (χ0) is 22.2. The number of fused-ring (bicyclic) bond motifs is 1. The average Bonchev–Trinajstić information content (AvgIpc) is 2.70. The van der Waals surface area contributed by atoms with Gasteiger partial charge >= 0.3 is 0 Å². The van der Waals surface area contributed by atoms with Crippen molar-refractivity contribution in [1.29, 1.82) is 0 Å². The van der Waals surface area contributed by atoms with E-state index in [4.69, 9.17) is 18.9 Å². The van der Waals surface area contributed by atoms with Crippen LogP contribution in [0.5, 0.6) is 17.2 Å². The normalized spacial score (nSPS) is 26.6. The first-order valence-corrected chi connectivity index (χ1v) is 9.40. The Labute approximate surface area is 173 Å². The Morgan fingerprint density at radius 3 is 2.43 bits per heavy atom. The second-order valence-corrected chi connectivity index (χ2v) is 7.22.